The Balaban J connectivity index is 1.72. The van der Waals surface area contributed by atoms with Crippen LogP contribution in [0.1, 0.15) is 17.5 Å². The van der Waals surface area contributed by atoms with E-state index in [0.29, 0.717) is 17.3 Å². The van der Waals surface area contributed by atoms with Gasteiger partial charge in [-0.15, -0.1) is 0 Å². The first-order chi connectivity index (χ1) is 11.3. The van der Waals surface area contributed by atoms with E-state index >= 15 is 0 Å². The largest absolute Gasteiger partial charge is 0.416 e. The summed E-state index contributed by atoms with van der Waals surface area (Å²) in [5.74, 6) is -0.265. The maximum Gasteiger partial charge on any atom is 0.416 e. The second-order valence-corrected chi connectivity index (χ2v) is 5.59. The fourth-order valence-electron chi connectivity index (χ4n) is 2.06. The van der Waals surface area contributed by atoms with E-state index in [1.807, 2.05) is 0 Å². The van der Waals surface area contributed by atoms with Crippen LogP contribution in [0.5, 0.6) is 0 Å². The lowest BCUT2D eigenvalue weighted by molar-refractivity contribution is -0.137. The molecule has 0 radical (unpaired) electrons. The molecule has 0 aliphatic heterocycles. The Labute approximate surface area is 142 Å². The lowest BCUT2D eigenvalue weighted by Crippen LogP contribution is -2.29. The van der Waals surface area contributed by atoms with Gasteiger partial charge in [-0.3, -0.25) is 0 Å². The number of hydrogen-bond acceptors (Lipinski definition) is 1. The van der Waals surface area contributed by atoms with Gasteiger partial charge in [-0.2, -0.15) is 13.2 Å². The van der Waals surface area contributed by atoms with Gasteiger partial charge in [0.2, 0.25) is 0 Å². The number of hydrogen-bond donors (Lipinski definition) is 2. The van der Waals surface area contributed by atoms with Gasteiger partial charge in [0.1, 0.15) is 5.82 Å². The first kappa shape index (κ1) is 18.2. The van der Waals surface area contributed by atoms with Gasteiger partial charge in [-0.25, -0.2) is 4.39 Å². The van der Waals surface area contributed by atoms with Crippen LogP contribution in [0.15, 0.2) is 48.5 Å². The zero-order chi connectivity index (χ0) is 17.6. The first-order valence-corrected chi connectivity index (χ1v) is 7.72. The molecule has 2 aromatic rings. The predicted molar refractivity (Wildman–Crippen MR) is 90.4 cm³/mol. The number of benzene rings is 2. The van der Waals surface area contributed by atoms with Crippen LogP contribution >= 0.6 is 12.2 Å². The van der Waals surface area contributed by atoms with Crippen LogP contribution in [0, 0.1) is 5.82 Å². The maximum atomic E-state index is 12.8. The van der Waals surface area contributed by atoms with Crippen LogP contribution in [-0.2, 0) is 12.6 Å². The van der Waals surface area contributed by atoms with Crippen molar-refractivity contribution in [2.75, 3.05) is 11.9 Å². The highest BCUT2D eigenvalue weighted by atomic mass is 32.1. The molecule has 0 fully saturated rings. The fraction of sp³-hybridized carbons (Fsp3) is 0.235. The highest BCUT2D eigenvalue weighted by molar-refractivity contribution is 7.80. The number of thiocarbonyl (C=S) groups is 1. The average molecular weight is 356 g/mol. The van der Waals surface area contributed by atoms with Gasteiger partial charge in [0, 0.05) is 12.2 Å². The third-order valence-corrected chi connectivity index (χ3v) is 3.56. The quantitative estimate of drug-likeness (QED) is 0.459. The van der Waals surface area contributed by atoms with Crippen molar-refractivity contribution < 1.29 is 17.6 Å². The molecule has 2 N–H and O–H groups in total. The van der Waals surface area contributed by atoms with Crippen LogP contribution < -0.4 is 10.6 Å². The second kappa shape index (κ2) is 8.10. The highest BCUT2D eigenvalue weighted by Crippen LogP contribution is 2.29. The molecule has 0 aliphatic carbocycles. The molecule has 0 heterocycles. The van der Waals surface area contributed by atoms with Crippen molar-refractivity contribution in [3.63, 3.8) is 0 Å². The van der Waals surface area contributed by atoms with E-state index in [9.17, 15) is 17.6 Å². The van der Waals surface area contributed by atoms with E-state index in [1.165, 1.54) is 24.3 Å². The molecular weight excluding hydrogens is 340 g/mol. The Kier molecular flexibility index (Phi) is 6.14. The zero-order valence-electron chi connectivity index (χ0n) is 12.7. The molecule has 24 heavy (non-hydrogen) atoms. The minimum atomic E-state index is -4.35. The van der Waals surface area contributed by atoms with Gasteiger partial charge in [-0.1, -0.05) is 12.1 Å². The van der Waals surface area contributed by atoms with E-state index in [2.05, 4.69) is 10.6 Å². The number of alkyl halides is 3. The molecule has 2 aromatic carbocycles. The summed E-state index contributed by atoms with van der Waals surface area (Å²) in [6, 6.07) is 10.9. The van der Waals surface area contributed by atoms with Crippen molar-refractivity contribution in [2.45, 2.75) is 19.0 Å². The molecule has 0 bridgehead atoms. The van der Waals surface area contributed by atoms with Crippen molar-refractivity contribution in [1.82, 2.24) is 5.32 Å². The Morgan fingerprint density at radius 3 is 2.17 bits per heavy atom. The molecule has 0 spiro atoms. The Morgan fingerprint density at radius 2 is 1.58 bits per heavy atom. The number of anilines is 1. The molecule has 2 nitrogen and oxygen atoms in total. The molecule has 0 atom stereocenters. The first-order valence-electron chi connectivity index (χ1n) is 7.31. The molecular formula is C17H16F4N2S. The Bertz CT molecular complexity index is 666. The molecule has 2 rings (SSSR count). The van der Waals surface area contributed by atoms with Crippen LogP contribution in [0.2, 0.25) is 0 Å². The summed E-state index contributed by atoms with van der Waals surface area (Å²) in [7, 11) is 0. The molecule has 0 saturated heterocycles. The van der Waals surface area contributed by atoms with Crippen molar-refractivity contribution in [1.29, 1.82) is 0 Å². The van der Waals surface area contributed by atoms with Gasteiger partial charge < -0.3 is 10.6 Å². The summed E-state index contributed by atoms with van der Waals surface area (Å²) >= 11 is 5.10. The summed E-state index contributed by atoms with van der Waals surface area (Å²) in [6.45, 7) is 0.601. The van der Waals surface area contributed by atoms with Crippen molar-refractivity contribution >= 4 is 23.0 Å². The molecule has 0 aliphatic rings. The van der Waals surface area contributed by atoms with Crippen molar-refractivity contribution in [3.8, 4) is 0 Å². The summed E-state index contributed by atoms with van der Waals surface area (Å²) < 4.78 is 50.2. The van der Waals surface area contributed by atoms with Gasteiger partial charge in [-0.05, 0) is 67.0 Å². The monoisotopic (exact) mass is 356 g/mol. The Morgan fingerprint density at radius 1 is 0.958 bits per heavy atom. The second-order valence-electron chi connectivity index (χ2n) is 5.19. The molecule has 0 saturated carbocycles. The van der Waals surface area contributed by atoms with E-state index in [4.69, 9.17) is 12.2 Å². The van der Waals surface area contributed by atoms with Crippen LogP contribution in [0.25, 0.3) is 0 Å². The van der Waals surface area contributed by atoms with Gasteiger partial charge in [0.15, 0.2) is 5.11 Å². The lowest BCUT2D eigenvalue weighted by Gasteiger charge is -2.12. The predicted octanol–water partition coefficient (Wildman–Crippen LogP) is 4.76. The molecule has 0 aromatic heterocycles. The fourth-order valence-corrected chi connectivity index (χ4v) is 2.28. The van der Waals surface area contributed by atoms with Gasteiger partial charge in [0.25, 0.3) is 0 Å². The lowest BCUT2D eigenvalue weighted by atomic mass is 10.1. The van der Waals surface area contributed by atoms with E-state index in [-0.39, 0.29) is 5.82 Å². The van der Waals surface area contributed by atoms with Gasteiger partial charge >= 0.3 is 6.18 Å². The smallest absolute Gasteiger partial charge is 0.362 e. The Hall–Kier alpha value is -2.15. The average Bonchev–Trinajstić information content (AvgIpc) is 2.53. The summed E-state index contributed by atoms with van der Waals surface area (Å²) in [5, 5.41) is 6.15. The molecule has 128 valence electrons. The molecule has 7 heteroatoms. The SMILES string of the molecule is Fc1ccc(CCCNC(=S)Nc2ccc(C(F)(F)F)cc2)cc1. The molecule has 0 unspecified atom stereocenters. The van der Waals surface area contributed by atoms with Crippen LogP contribution in [0.4, 0.5) is 23.2 Å². The summed E-state index contributed by atoms with van der Waals surface area (Å²) in [6.07, 6.45) is -2.78. The number of aryl methyl sites for hydroxylation is 1. The maximum absolute atomic E-state index is 12.8. The van der Waals surface area contributed by atoms with E-state index in [0.717, 1.165) is 30.5 Å². The molecule has 0 amide bonds. The summed E-state index contributed by atoms with van der Waals surface area (Å²) in [4.78, 5) is 0. The summed E-state index contributed by atoms with van der Waals surface area (Å²) in [5.41, 5.74) is 0.810. The minimum absolute atomic E-state index is 0.265. The standard InChI is InChI=1S/C17H16F4N2S/c18-14-7-3-12(4-8-14)2-1-11-22-16(24)23-15-9-5-13(6-10-15)17(19,20)21/h3-10H,1-2,11H2,(H2,22,23,24). The van der Waals surface area contributed by atoms with Crippen molar-refractivity contribution in [3.05, 3.63) is 65.5 Å². The topological polar surface area (TPSA) is 24.1 Å². The normalized spacial score (nSPS) is 11.2. The van der Waals surface area contributed by atoms with Crippen molar-refractivity contribution in [2.24, 2.45) is 0 Å². The zero-order valence-corrected chi connectivity index (χ0v) is 13.5. The van der Waals surface area contributed by atoms with E-state index in [1.54, 1.807) is 12.1 Å². The number of halogens is 4. The number of rotatable bonds is 5. The van der Waals surface area contributed by atoms with E-state index < -0.39 is 11.7 Å². The van der Waals surface area contributed by atoms with Crippen LogP contribution in [0.3, 0.4) is 0 Å². The minimum Gasteiger partial charge on any atom is -0.362 e. The van der Waals surface area contributed by atoms with Crippen LogP contribution in [-0.4, -0.2) is 11.7 Å². The third-order valence-electron chi connectivity index (χ3n) is 3.31. The van der Waals surface area contributed by atoms with Gasteiger partial charge in [0.05, 0.1) is 5.56 Å². The number of nitrogens with one attached hydrogen (secondary N) is 2. The third kappa shape index (κ3) is 5.81. The highest BCUT2D eigenvalue weighted by Gasteiger charge is 2.29.